The van der Waals surface area contributed by atoms with Gasteiger partial charge in [-0.1, -0.05) is 19.4 Å². The zero-order valence-electron chi connectivity index (χ0n) is 8.76. The van der Waals surface area contributed by atoms with E-state index in [9.17, 15) is 9.36 Å². The van der Waals surface area contributed by atoms with Gasteiger partial charge in [0, 0.05) is 12.2 Å². The lowest BCUT2D eigenvalue weighted by molar-refractivity contribution is -0.143. The Morgan fingerprint density at radius 3 is 2.67 bits per heavy atom. The summed E-state index contributed by atoms with van der Waals surface area (Å²) in [6.07, 6.45) is 3.54. The first-order valence-corrected chi connectivity index (χ1v) is 6.52. The van der Waals surface area contributed by atoms with E-state index >= 15 is 0 Å². The number of rotatable bonds is 7. The van der Waals surface area contributed by atoms with Crippen molar-refractivity contribution in [2.75, 3.05) is 6.61 Å². The van der Waals surface area contributed by atoms with Crippen LogP contribution in [0.15, 0.2) is 11.9 Å². The van der Waals surface area contributed by atoms with Crippen molar-refractivity contribution in [3.05, 3.63) is 11.9 Å². The number of allylic oxidation sites excluding steroid dienone is 1. The fraction of sp³-hybridized carbons (Fsp3) is 0.667. The van der Waals surface area contributed by atoms with E-state index in [0.717, 1.165) is 18.7 Å². The minimum absolute atomic E-state index is 0.153. The maximum absolute atomic E-state index is 11.0. The van der Waals surface area contributed by atoms with Gasteiger partial charge in [-0.2, -0.15) is 0 Å². The van der Waals surface area contributed by atoms with E-state index < -0.39 is 7.60 Å². The Bertz CT molecular complexity index is 255. The molecule has 0 bridgehead atoms. The quantitative estimate of drug-likeness (QED) is 0.400. The number of unbranched alkanes of at least 4 members (excludes halogenated alkanes) is 1. The molecule has 0 aromatic rings. The summed E-state index contributed by atoms with van der Waals surface area (Å²) in [7, 11) is -4.08. The first kappa shape index (κ1) is 14.4. The molecule has 0 aliphatic carbocycles. The van der Waals surface area contributed by atoms with Gasteiger partial charge in [-0.05, 0) is 12.8 Å². The first-order valence-electron chi connectivity index (χ1n) is 4.84. The third-order valence-corrected chi connectivity index (χ3v) is 2.17. The highest BCUT2D eigenvalue weighted by Crippen LogP contribution is 2.36. The summed E-state index contributed by atoms with van der Waals surface area (Å²) >= 11 is 0. The molecule has 6 heteroatoms. The molecule has 0 amide bonds. The van der Waals surface area contributed by atoms with Crippen LogP contribution in [0.25, 0.3) is 0 Å². The zero-order valence-corrected chi connectivity index (χ0v) is 9.65. The van der Waals surface area contributed by atoms with E-state index in [1.165, 1.54) is 6.08 Å². The van der Waals surface area contributed by atoms with Gasteiger partial charge in [0.2, 0.25) is 0 Å². The van der Waals surface area contributed by atoms with Crippen molar-refractivity contribution >= 4 is 13.6 Å². The van der Waals surface area contributed by atoms with Crippen LogP contribution in [0.5, 0.6) is 0 Å². The van der Waals surface area contributed by atoms with Gasteiger partial charge in [-0.25, -0.2) is 0 Å². The average Bonchev–Trinajstić information content (AvgIpc) is 2.11. The van der Waals surface area contributed by atoms with Crippen LogP contribution in [0.2, 0.25) is 0 Å². The van der Waals surface area contributed by atoms with Crippen LogP contribution in [-0.4, -0.2) is 22.4 Å². The van der Waals surface area contributed by atoms with Crippen LogP contribution >= 0.6 is 7.60 Å². The maximum atomic E-state index is 11.0. The minimum atomic E-state index is -4.08. The molecule has 5 nitrogen and oxygen atoms in total. The third-order valence-electron chi connectivity index (χ3n) is 1.58. The minimum Gasteiger partial charge on any atom is -0.466 e. The number of hydrogen-bond donors (Lipinski definition) is 2. The summed E-state index contributed by atoms with van der Waals surface area (Å²) in [4.78, 5) is 27.9. The maximum Gasteiger partial charge on any atom is 0.348 e. The molecule has 0 saturated heterocycles. The van der Waals surface area contributed by atoms with Crippen LogP contribution < -0.4 is 0 Å². The summed E-state index contributed by atoms with van der Waals surface area (Å²) in [5.41, 5.74) is 0. The molecule has 2 N–H and O–H groups in total. The standard InChI is InChI=1S/C9H17O5P/c1-2-3-7-14-9(10)6-4-5-8-15(11,12)13/h5,8H,2-4,6-7H2,1H3,(H2,11,12,13). The van der Waals surface area contributed by atoms with Crippen molar-refractivity contribution in [1.29, 1.82) is 0 Å². The summed E-state index contributed by atoms with van der Waals surface area (Å²) in [6, 6.07) is 0. The lowest BCUT2D eigenvalue weighted by Crippen LogP contribution is -2.04. The van der Waals surface area contributed by atoms with Crippen LogP contribution in [0.3, 0.4) is 0 Å². The molecule has 0 radical (unpaired) electrons. The van der Waals surface area contributed by atoms with Crippen LogP contribution in [-0.2, 0) is 14.1 Å². The molecule has 0 aliphatic rings. The van der Waals surface area contributed by atoms with E-state index in [-0.39, 0.29) is 18.8 Å². The summed E-state index contributed by atoms with van der Waals surface area (Å²) in [6.45, 7) is 2.41. The Kier molecular flexibility index (Phi) is 7.30. The lowest BCUT2D eigenvalue weighted by Gasteiger charge is -2.01. The van der Waals surface area contributed by atoms with Crippen molar-refractivity contribution < 1.29 is 23.9 Å². The average molecular weight is 236 g/mol. The van der Waals surface area contributed by atoms with Crippen LogP contribution in [0, 0.1) is 0 Å². The van der Waals surface area contributed by atoms with Crippen molar-refractivity contribution in [3.63, 3.8) is 0 Å². The van der Waals surface area contributed by atoms with Crippen molar-refractivity contribution in [1.82, 2.24) is 0 Å². The third kappa shape index (κ3) is 11.3. The fourth-order valence-electron chi connectivity index (χ4n) is 0.816. The van der Waals surface area contributed by atoms with Crippen molar-refractivity contribution in [3.8, 4) is 0 Å². The van der Waals surface area contributed by atoms with E-state index in [2.05, 4.69) is 0 Å². The molecule has 0 spiro atoms. The normalized spacial score (nSPS) is 11.9. The predicted octanol–water partition coefficient (Wildman–Crippen LogP) is 1.80. The van der Waals surface area contributed by atoms with E-state index in [1.54, 1.807) is 0 Å². The van der Waals surface area contributed by atoms with Gasteiger partial charge < -0.3 is 14.5 Å². The number of ether oxygens (including phenoxy) is 1. The molecular weight excluding hydrogens is 219 g/mol. The Morgan fingerprint density at radius 2 is 2.13 bits per heavy atom. The topological polar surface area (TPSA) is 83.8 Å². The fourth-order valence-corrected chi connectivity index (χ4v) is 1.24. The summed E-state index contributed by atoms with van der Waals surface area (Å²) in [5, 5.41) is 0. The molecule has 0 rings (SSSR count). The van der Waals surface area contributed by atoms with Crippen LogP contribution in [0.4, 0.5) is 0 Å². The largest absolute Gasteiger partial charge is 0.466 e. The smallest absolute Gasteiger partial charge is 0.348 e. The first-order chi connectivity index (χ1) is 6.95. The number of esters is 1. The van der Waals surface area contributed by atoms with Gasteiger partial charge in [0.05, 0.1) is 6.61 Å². The molecule has 0 aliphatic heterocycles. The van der Waals surface area contributed by atoms with Crippen LogP contribution in [0.1, 0.15) is 32.6 Å². The van der Waals surface area contributed by atoms with Gasteiger partial charge in [-0.15, -0.1) is 0 Å². The molecule has 88 valence electrons. The van der Waals surface area contributed by atoms with Crippen molar-refractivity contribution in [2.24, 2.45) is 0 Å². The molecule has 15 heavy (non-hydrogen) atoms. The van der Waals surface area contributed by atoms with Gasteiger partial charge in [0.25, 0.3) is 0 Å². The molecule has 0 aromatic heterocycles. The molecule has 0 saturated carbocycles. The number of carbonyl (C=O) groups is 1. The Balaban J connectivity index is 3.55. The highest BCUT2D eigenvalue weighted by Gasteiger charge is 2.05. The Labute approximate surface area is 89.3 Å². The Hall–Kier alpha value is -0.640. The molecule has 0 unspecified atom stereocenters. The number of carbonyl (C=O) groups excluding carboxylic acids is 1. The Morgan fingerprint density at radius 1 is 1.47 bits per heavy atom. The van der Waals surface area contributed by atoms with Gasteiger partial charge in [0.15, 0.2) is 0 Å². The monoisotopic (exact) mass is 236 g/mol. The van der Waals surface area contributed by atoms with E-state index in [0.29, 0.717) is 6.61 Å². The molecule has 0 aromatic carbocycles. The lowest BCUT2D eigenvalue weighted by atomic mass is 10.3. The second-order valence-electron chi connectivity index (χ2n) is 3.09. The van der Waals surface area contributed by atoms with Gasteiger partial charge in [0.1, 0.15) is 0 Å². The molecular formula is C9H17O5P. The summed E-state index contributed by atoms with van der Waals surface area (Å²) < 4.78 is 15.2. The highest BCUT2D eigenvalue weighted by atomic mass is 31.2. The SMILES string of the molecule is CCCCOC(=O)CCC=CP(=O)(O)O. The number of hydrogen-bond acceptors (Lipinski definition) is 3. The van der Waals surface area contributed by atoms with E-state index in [1.807, 2.05) is 6.92 Å². The van der Waals surface area contributed by atoms with Gasteiger partial charge in [-0.3, -0.25) is 9.36 Å². The second kappa shape index (κ2) is 7.63. The molecule has 0 heterocycles. The van der Waals surface area contributed by atoms with E-state index in [4.69, 9.17) is 14.5 Å². The second-order valence-corrected chi connectivity index (χ2v) is 4.56. The molecule has 0 fully saturated rings. The highest BCUT2D eigenvalue weighted by molar-refractivity contribution is 7.55. The van der Waals surface area contributed by atoms with Gasteiger partial charge >= 0.3 is 13.6 Å². The van der Waals surface area contributed by atoms with Crippen molar-refractivity contribution in [2.45, 2.75) is 32.6 Å². The predicted molar refractivity (Wildman–Crippen MR) is 56.3 cm³/mol. The molecule has 0 atom stereocenters. The summed E-state index contributed by atoms with van der Waals surface area (Å²) in [5.74, 6) is 0.464. The zero-order chi connectivity index (χ0) is 11.7.